The fourth-order valence-electron chi connectivity index (χ4n) is 3.63. The Morgan fingerprint density at radius 1 is 1.16 bits per heavy atom. The number of benzene rings is 1. The maximum atomic E-state index is 12.6. The number of carboxylic acid groups (broad SMARTS) is 1. The van der Waals surface area contributed by atoms with Crippen LogP contribution in [0.25, 0.3) is 10.9 Å². The predicted octanol–water partition coefficient (Wildman–Crippen LogP) is -0.437. The number of aliphatic carboxylic acids is 1. The number of hydrogen-bond donors (Lipinski definition) is 7. The minimum atomic E-state index is -1.19. The number of fused-ring (bicyclic) bond motifs is 1. The summed E-state index contributed by atoms with van der Waals surface area (Å²) in [4.78, 5) is 51.6. The van der Waals surface area contributed by atoms with Gasteiger partial charge in [0, 0.05) is 29.3 Å². The van der Waals surface area contributed by atoms with Gasteiger partial charge in [0.2, 0.25) is 17.7 Å². The highest BCUT2D eigenvalue weighted by molar-refractivity contribution is 7.80. The van der Waals surface area contributed by atoms with Crippen molar-refractivity contribution in [3.63, 3.8) is 0 Å². The van der Waals surface area contributed by atoms with Gasteiger partial charge < -0.3 is 31.4 Å². The molecule has 1 saturated heterocycles. The zero-order chi connectivity index (χ0) is 23.1. The molecule has 3 atom stereocenters. The first-order chi connectivity index (χ1) is 15.4. The molecule has 0 bridgehead atoms. The van der Waals surface area contributed by atoms with Gasteiger partial charge >= 0.3 is 5.97 Å². The average molecular weight is 462 g/mol. The number of H-pyrrole nitrogens is 1. The van der Waals surface area contributed by atoms with E-state index < -0.39 is 29.9 Å². The first-order valence-electron chi connectivity index (χ1n) is 10.4. The first kappa shape index (κ1) is 23.6. The Balaban J connectivity index is 1.55. The molecule has 3 unspecified atom stereocenters. The van der Waals surface area contributed by atoms with E-state index in [0.717, 1.165) is 29.4 Å². The third kappa shape index (κ3) is 6.01. The first-order valence-corrected chi connectivity index (χ1v) is 11.0. The largest absolute Gasteiger partial charge is 0.480 e. The van der Waals surface area contributed by atoms with Crippen LogP contribution in [-0.2, 0) is 25.6 Å². The van der Waals surface area contributed by atoms with Crippen LogP contribution in [0.2, 0.25) is 0 Å². The van der Waals surface area contributed by atoms with Crippen LogP contribution in [0, 0.1) is 0 Å². The van der Waals surface area contributed by atoms with Gasteiger partial charge in [-0.2, -0.15) is 12.6 Å². The van der Waals surface area contributed by atoms with E-state index in [0.29, 0.717) is 6.42 Å². The lowest BCUT2D eigenvalue weighted by Crippen LogP contribution is -2.54. The number of hydrogen-bond acceptors (Lipinski definition) is 6. The number of amides is 3. The Hall–Kier alpha value is -3.05. The van der Waals surface area contributed by atoms with Gasteiger partial charge in [-0.25, -0.2) is 4.79 Å². The number of aromatic amines is 1. The minimum Gasteiger partial charge on any atom is -0.480 e. The van der Waals surface area contributed by atoms with E-state index in [4.69, 9.17) is 0 Å². The molecule has 3 rings (SSSR count). The standard InChI is InChI=1S/C21H27N5O5S/c27-18(10-24-19(28)15-6-3-7-22-15)25-17(11-32)20(29)26-16(21(30)31)8-12-9-23-14-5-2-1-4-13(12)14/h1-2,4-5,9,15-17,22-23,32H,3,6-8,10-11H2,(H,24,28)(H,25,27)(H,26,29)(H,30,31). The van der Waals surface area contributed by atoms with Crippen LogP contribution in [-0.4, -0.2) is 70.7 Å². The van der Waals surface area contributed by atoms with E-state index >= 15 is 0 Å². The smallest absolute Gasteiger partial charge is 0.326 e. The molecule has 0 spiro atoms. The molecule has 1 aromatic heterocycles. The molecule has 0 radical (unpaired) electrons. The van der Waals surface area contributed by atoms with Crippen LogP contribution < -0.4 is 21.3 Å². The third-order valence-electron chi connectivity index (χ3n) is 5.35. The minimum absolute atomic E-state index is 0.0326. The fourth-order valence-corrected chi connectivity index (χ4v) is 3.89. The van der Waals surface area contributed by atoms with Crippen LogP contribution in [0.5, 0.6) is 0 Å². The molecule has 0 aliphatic carbocycles. The maximum Gasteiger partial charge on any atom is 0.326 e. The van der Waals surface area contributed by atoms with Gasteiger partial charge in [0.1, 0.15) is 12.1 Å². The molecule has 10 nitrogen and oxygen atoms in total. The highest BCUT2D eigenvalue weighted by Crippen LogP contribution is 2.19. The van der Waals surface area contributed by atoms with Gasteiger partial charge in [0.25, 0.3) is 0 Å². The van der Waals surface area contributed by atoms with Gasteiger partial charge in [0.15, 0.2) is 0 Å². The Bertz CT molecular complexity index is 988. The lowest BCUT2D eigenvalue weighted by molar-refractivity contribution is -0.142. The van der Waals surface area contributed by atoms with Crippen molar-refractivity contribution in [2.45, 2.75) is 37.4 Å². The summed E-state index contributed by atoms with van der Waals surface area (Å²) in [5.41, 5.74) is 1.62. The summed E-state index contributed by atoms with van der Waals surface area (Å²) in [7, 11) is 0. The summed E-state index contributed by atoms with van der Waals surface area (Å²) in [6, 6.07) is 4.92. The predicted molar refractivity (Wildman–Crippen MR) is 121 cm³/mol. The molecule has 6 N–H and O–H groups in total. The number of nitrogens with one attached hydrogen (secondary N) is 5. The number of rotatable bonds is 10. The molecule has 2 heterocycles. The van der Waals surface area contributed by atoms with Crippen molar-refractivity contribution >= 4 is 47.2 Å². The summed E-state index contributed by atoms with van der Waals surface area (Å²) < 4.78 is 0. The molecular weight excluding hydrogens is 434 g/mol. The molecule has 32 heavy (non-hydrogen) atoms. The topological polar surface area (TPSA) is 152 Å². The number of carbonyl (C=O) groups excluding carboxylic acids is 3. The van der Waals surface area contributed by atoms with Gasteiger partial charge in [-0.15, -0.1) is 0 Å². The van der Waals surface area contributed by atoms with Gasteiger partial charge in [-0.1, -0.05) is 18.2 Å². The number of carbonyl (C=O) groups is 4. The van der Waals surface area contributed by atoms with E-state index in [1.807, 2.05) is 24.3 Å². The fraction of sp³-hybridized carbons (Fsp3) is 0.429. The highest BCUT2D eigenvalue weighted by atomic mass is 32.1. The monoisotopic (exact) mass is 461 g/mol. The van der Waals surface area contributed by atoms with E-state index in [9.17, 15) is 24.3 Å². The second-order valence-corrected chi connectivity index (χ2v) is 8.00. The van der Waals surface area contributed by atoms with Crippen molar-refractivity contribution < 1.29 is 24.3 Å². The normalized spacial score (nSPS) is 17.5. The average Bonchev–Trinajstić information content (AvgIpc) is 3.46. The van der Waals surface area contributed by atoms with Crippen LogP contribution in [0.15, 0.2) is 30.5 Å². The van der Waals surface area contributed by atoms with Crippen molar-refractivity contribution in [3.8, 4) is 0 Å². The summed E-state index contributed by atoms with van der Waals surface area (Å²) in [5.74, 6) is -2.72. The van der Waals surface area contributed by atoms with Crippen molar-refractivity contribution in [3.05, 3.63) is 36.0 Å². The number of thiol groups is 1. The zero-order valence-corrected chi connectivity index (χ0v) is 18.3. The Morgan fingerprint density at radius 2 is 1.94 bits per heavy atom. The van der Waals surface area contributed by atoms with Crippen LogP contribution >= 0.6 is 12.6 Å². The Labute approximate surface area is 190 Å². The van der Waals surface area contributed by atoms with Crippen LogP contribution in [0.1, 0.15) is 18.4 Å². The molecule has 1 aromatic carbocycles. The molecule has 3 amide bonds. The summed E-state index contributed by atoms with van der Waals surface area (Å²) in [6.45, 7) is 0.474. The quantitative estimate of drug-likeness (QED) is 0.238. The molecule has 1 fully saturated rings. The molecular formula is C21H27N5O5S. The van der Waals surface area contributed by atoms with Crippen molar-refractivity contribution in [2.24, 2.45) is 0 Å². The lowest BCUT2D eigenvalue weighted by atomic mass is 10.0. The lowest BCUT2D eigenvalue weighted by Gasteiger charge is -2.20. The molecule has 172 valence electrons. The van der Waals surface area contributed by atoms with E-state index in [1.54, 1.807) is 6.20 Å². The van der Waals surface area contributed by atoms with E-state index in [1.165, 1.54) is 0 Å². The molecule has 1 aliphatic rings. The highest BCUT2D eigenvalue weighted by Gasteiger charge is 2.27. The van der Waals surface area contributed by atoms with E-state index in [-0.39, 0.29) is 30.7 Å². The van der Waals surface area contributed by atoms with Crippen LogP contribution in [0.3, 0.4) is 0 Å². The number of aromatic nitrogens is 1. The zero-order valence-electron chi connectivity index (χ0n) is 17.4. The van der Waals surface area contributed by atoms with Crippen molar-refractivity contribution in [1.82, 2.24) is 26.3 Å². The molecule has 11 heteroatoms. The number of para-hydroxylation sites is 1. The van der Waals surface area contributed by atoms with Crippen molar-refractivity contribution in [1.29, 1.82) is 0 Å². The van der Waals surface area contributed by atoms with Gasteiger partial charge in [-0.3, -0.25) is 14.4 Å². The van der Waals surface area contributed by atoms with Gasteiger partial charge in [-0.05, 0) is 31.0 Å². The second kappa shape index (κ2) is 11.0. The molecule has 2 aromatic rings. The summed E-state index contributed by atoms with van der Waals surface area (Å²) >= 11 is 4.10. The van der Waals surface area contributed by atoms with Crippen LogP contribution in [0.4, 0.5) is 0 Å². The Morgan fingerprint density at radius 3 is 2.62 bits per heavy atom. The molecule has 1 aliphatic heterocycles. The second-order valence-electron chi connectivity index (χ2n) is 7.63. The molecule has 0 saturated carbocycles. The third-order valence-corrected chi connectivity index (χ3v) is 5.71. The number of carboxylic acids is 1. The van der Waals surface area contributed by atoms with Crippen molar-refractivity contribution in [2.75, 3.05) is 18.8 Å². The SMILES string of the molecule is O=C(CNC(=O)C1CCCN1)NC(CS)C(=O)NC(Cc1c[nH]c2ccccc12)C(=O)O. The summed E-state index contributed by atoms with van der Waals surface area (Å²) in [6.07, 6.45) is 3.40. The van der Waals surface area contributed by atoms with Gasteiger partial charge in [0.05, 0.1) is 12.6 Å². The maximum absolute atomic E-state index is 12.6. The summed E-state index contributed by atoms with van der Waals surface area (Å²) in [5, 5.41) is 21.0. The Kier molecular flexibility index (Phi) is 8.12. The van der Waals surface area contributed by atoms with E-state index in [2.05, 4.69) is 38.9 Å².